The molecule has 0 heterocycles. The van der Waals surface area contributed by atoms with Crippen molar-refractivity contribution >= 4 is 45.4 Å². The van der Waals surface area contributed by atoms with Gasteiger partial charge in [-0.3, -0.25) is 0 Å². The van der Waals surface area contributed by atoms with E-state index < -0.39 is 41.7 Å². The quantitative estimate of drug-likeness (QED) is 0.187. The van der Waals surface area contributed by atoms with E-state index in [1.807, 2.05) is 14.1 Å². The van der Waals surface area contributed by atoms with Crippen LogP contribution in [0.1, 0.15) is 33.4 Å². The fraction of sp³-hybridized carbons (Fsp3) is 0.571. The number of aryl methyl sites for hydroxylation is 6. The van der Waals surface area contributed by atoms with E-state index in [1.165, 1.54) is 33.4 Å². The summed E-state index contributed by atoms with van der Waals surface area (Å²) >= 11 is -1.65. The second-order valence-electron chi connectivity index (χ2n) is 8.98. The first-order valence-corrected chi connectivity index (χ1v) is 25.7. The maximum absolute atomic E-state index is 4.93. The molecule has 6 nitrogen and oxygen atoms in total. The minimum atomic E-state index is -0.826. The van der Waals surface area contributed by atoms with Crippen molar-refractivity contribution in [2.75, 3.05) is 66.5 Å². The van der Waals surface area contributed by atoms with E-state index >= 15 is 0 Å². The van der Waals surface area contributed by atoms with Crippen molar-refractivity contribution in [3.63, 3.8) is 0 Å². The molecule has 0 aliphatic heterocycles. The van der Waals surface area contributed by atoms with Crippen molar-refractivity contribution in [3.05, 3.63) is 78.9 Å². The van der Waals surface area contributed by atoms with Crippen LogP contribution in [0.2, 0.25) is 0 Å². The normalized spacial score (nSPS) is 9.70. The molecule has 0 saturated carbocycles. The van der Waals surface area contributed by atoms with E-state index in [9.17, 15) is 0 Å². The van der Waals surface area contributed by atoms with E-state index in [0.29, 0.717) is 0 Å². The Morgan fingerprint density at radius 3 is 1.02 bits per heavy atom. The summed E-state index contributed by atoms with van der Waals surface area (Å²) in [5.41, 5.74) is 9.93. The van der Waals surface area contributed by atoms with Crippen molar-refractivity contribution in [2.45, 2.75) is 41.5 Å². The van der Waals surface area contributed by atoms with Gasteiger partial charge in [-0.25, -0.2) is 0 Å². The van der Waals surface area contributed by atoms with Gasteiger partial charge in [-0.15, -0.1) is 37.6 Å². The molecule has 0 fully saturated rings. The molecule has 0 atom stereocenters. The van der Waals surface area contributed by atoms with Gasteiger partial charge in [0.25, 0.3) is 0 Å². The summed E-state index contributed by atoms with van der Waals surface area (Å²) in [7, 11) is 23.4. The van der Waals surface area contributed by atoms with Gasteiger partial charge in [0.15, 0.2) is 0 Å². The zero-order chi connectivity index (χ0) is 30.8. The molecule has 0 spiro atoms. The molecule has 2 N–H and O–H groups in total. The molecule has 2 aromatic rings. The first-order valence-electron chi connectivity index (χ1n) is 13.1. The molecule has 0 aliphatic carbocycles. The van der Waals surface area contributed by atoms with Crippen LogP contribution in [0.25, 0.3) is 21.3 Å². The number of nitrogens with zero attached hydrogens (tertiary/aromatic N) is 4. The van der Waals surface area contributed by atoms with Gasteiger partial charge in [-0.2, -0.15) is 14.1 Å². The van der Waals surface area contributed by atoms with Crippen LogP contribution in [-0.4, -0.2) is 66.5 Å². The van der Waals surface area contributed by atoms with Crippen LogP contribution in [-0.2, 0) is 41.7 Å². The molecule has 0 aliphatic rings. The van der Waals surface area contributed by atoms with Crippen molar-refractivity contribution in [2.24, 2.45) is 0 Å². The minimum absolute atomic E-state index is 0.799. The van der Waals surface area contributed by atoms with Gasteiger partial charge in [-0.05, 0) is 67.7 Å². The summed E-state index contributed by atoms with van der Waals surface area (Å²) < 4.78 is 0. The molecule has 0 bridgehead atoms. The predicted octanol–water partition coefficient (Wildman–Crippen LogP) is 9.17. The van der Waals surface area contributed by atoms with Gasteiger partial charge >= 0.3 is 75.7 Å². The van der Waals surface area contributed by atoms with Crippen LogP contribution in [0.15, 0.2) is 24.3 Å². The molecular weight excluding hydrogens is 745 g/mol. The molecule has 0 radical (unpaired) electrons. The zero-order valence-electron chi connectivity index (χ0n) is 25.3. The Labute approximate surface area is 281 Å². The SMILES string of the molecule is C[N-]CCNCC[N-]C.Cc1cc(C)c([N-]CCNCC[N-]c2c(C)cc(C)cc2C)c(C)c1.[Cl][Zr][Cl].[Cl][Zr][Cl]. The summed E-state index contributed by atoms with van der Waals surface area (Å²) in [6.45, 7) is 19.9. The van der Waals surface area contributed by atoms with Gasteiger partial charge in [0.2, 0.25) is 0 Å². The van der Waals surface area contributed by atoms with Crippen molar-refractivity contribution in [1.82, 2.24) is 10.6 Å². The topological polar surface area (TPSA) is 80.5 Å². The number of hydrogen-bond donors (Lipinski definition) is 2. The van der Waals surface area contributed by atoms with Gasteiger partial charge in [-0.1, -0.05) is 57.6 Å². The molecule has 0 aromatic heterocycles. The monoisotopic (exact) mass is 786 g/mol. The first-order chi connectivity index (χ1) is 19.1. The summed E-state index contributed by atoms with van der Waals surface area (Å²) in [5, 5.41) is 24.0. The standard InChI is InChI=1S/C22H31N3.C6H15N3.4ClH.2Zr/c1-15-11-17(3)21(18(4)12-15)24-9-7-23-8-10-25-22-19(5)13-16(2)14-20(22)6;1-7-3-5-9-6-4-8-2;;;;;;/h11-14,23H,7-10H2,1-6H3;9H,3-6H2,1-2H3;4*1H;;/q2*-2;;;;;2*+2/p-4. The number of hydrogen-bond acceptors (Lipinski definition) is 2. The Balaban J connectivity index is 0. The Morgan fingerprint density at radius 2 is 0.775 bits per heavy atom. The van der Waals surface area contributed by atoms with Crippen molar-refractivity contribution in [3.8, 4) is 0 Å². The summed E-state index contributed by atoms with van der Waals surface area (Å²) in [4.78, 5) is 0. The van der Waals surface area contributed by atoms with Gasteiger partial charge < -0.3 is 31.9 Å². The second-order valence-corrected chi connectivity index (χ2v) is 16.4. The molecule has 12 heteroatoms. The number of likely N-dealkylation sites (N-methyl/N-ethyl adjacent to an activating group) is 2. The van der Waals surface area contributed by atoms with Crippen LogP contribution in [0.3, 0.4) is 0 Å². The van der Waals surface area contributed by atoms with E-state index in [-0.39, 0.29) is 0 Å². The fourth-order valence-corrected chi connectivity index (χ4v) is 3.97. The van der Waals surface area contributed by atoms with Crippen LogP contribution in [0.4, 0.5) is 11.4 Å². The molecule has 0 unspecified atom stereocenters. The Hall–Kier alpha value is 0.806. The number of rotatable bonds is 14. The average molecular weight is 791 g/mol. The van der Waals surface area contributed by atoms with Gasteiger partial charge in [0.05, 0.1) is 0 Å². The molecule has 40 heavy (non-hydrogen) atoms. The molecule has 2 aromatic carbocycles. The van der Waals surface area contributed by atoms with Crippen molar-refractivity contribution < 1.29 is 41.7 Å². The fourth-order valence-electron chi connectivity index (χ4n) is 3.97. The number of nitrogens with one attached hydrogen (secondary N) is 2. The average Bonchev–Trinajstić information content (AvgIpc) is 2.87. The summed E-state index contributed by atoms with van der Waals surface area (Å²) in [6.07, 6.45) is 0. The molecular formula is C28H46Cl4N6Zr2-4. The first kappa shape index (κ1) is 42.9. The summed E-state index contributed by atoms with van der Waals surface area (Å²) in [6, 6.07) is 8.80. The van der Waals surface area contributed by atoms with Gasteiger partial charge in [0, 0.05) is 0 Å². The van der Waals surface area contributed by atoms with E-state index in [2.05, 4.69) is 87.1 Å². The van der Waals surface area contributed by atoms with E-state index in [1.54, 1.807) is 0 Å². The van der Waals surface area contributed by atoms with Crippen LogP contribution >= 0.6 is 34.1 Å². The van der Waals surface area contributed by atoms with Crippen molar-refractivity contribution in [1.29, 1.82) is 0 Å². The van der Waals surface area contributed by atoms with E-state index in [4.69, 9.17) is 44.7 Å². The van der Waals surface area contributed by atoms with Crippen LogP contribution in [0, 0.1) is 41.5 Å². The third kappa shape index (κ3) is 23.3. The number of halogens is 4. The third-order valence-electron chi connectivity index (χ3n) is 5.41. The third-order valence-corrected chi connectivity index (χ3v) is 5.41. The second kappa shape index (κ2) is 29.9. The summed E-state index contributed by atoms with van der Waals surface area (Å²) in [5.74, 6) is 0. The number of benzene rings is 2. The Kier molecular flexibility index (Phi) is 32.1. The molecule has 0 amide bonds. The zero-order valence-corrected chi connectivity index (χ0v) is 33.2. The molecule has 0 saturated heterocycles. The predicted molar refractivity (Wildman–Crippen MR) is 175 cm³/mol. The molecule has 2 rings (SSSR count). The van der Waals surface area contributed by atoms with E-state index in [0.717, 1.165) is 63.7 Å². The Bertz CT molecular complexity index is 778. The van der Waals surface area contributed by atoms with Gasteiger partial charge in [0.1, 0.15) is 0 Å². The van der Waals surface area contributed by atoms with Crippen LogP contribution < -0.4 is 10.6 Å². The Morgan fingerprint density at radius 1 is 0.525 bits per heavy atom. The maximum atomic E-state index is 4.93. The molecule has 228 valence electrons. The van der Waals surface area contributed by atoms with Crippen LogP contribution in [0.5, 0.6) is 0 Å².